The highest BCUT2D eigenvalue weighted by Crippen LogP contribution is 2.26. The quantitative estimate of drug-likeness (QED) is 0.354. The maximum atomic E-state index is 12.4. The molecule has 9 heteroatoms. The molecule has 0 aliphatic heterocycles. The minimum absolute atomic E-state index is 0.00738. The molecule has 2 aromatic heterocycles. The van der Waals surface area contributed by atoms with Crippen molar-refractivity contribution in [3.63, 3.8) is 0 Å². The fourth-order valence-electron chi connectivity index (χ4n) is 3.27. The highest BCUT2D eigenvalue weighted by Gasteiger charge is 2.13. The van der Waals surface area contributed by atoms with Gasteiger partial charge < -0.3 is 19.7 Å². The third kappa shape index (κ3) is 4.75. The van der Waals surface area contributed by atoms with Crippen molar-refractivity contribution in [2.45, 2.75) is 13.2 Å². The molecule has 4 rings (SSSR count). The van der Waals surface area contributed by atoms with Crippen molar-refractivity contribution in [3.05, 3.63) is 83.1 Å². The number of ether oxygens (including phenoxy) is 1. The van der Waals surface area contributed by atoms with E-state index in [4.69, 9.17) is 11.6 Å². The van der Waals surface area contributed by atoms with Crippen LogP contribution in [0.3, 0.4) is 0 Å². The fraction of sp³-hybridized carbons (Fsp3) is 0.0909. The smallest absolute Gasteiger partial charge is 0.387 e. The molecule has 158 valence electrons. The van der Waals surface area contributed by atoms with Crippen LogP contribution in [0.5, 0.6) is 5.75 Å². The first kappa shape index (κ1) is 20.6. The molecule has 0 atom stereocenters. The number of carbonyl (C=O) groups is 1. The Bertz CT molecular complexity index is 1260. The predicted molar refractivity (Wildman–Crippen MR) is 114 cm³/mol. The summed E-state index contributed by atoms with van der Waals surface area (Å²) < 4.78 is 31.3. The van der Waals surface area contributed by atoms with Gasteiger partial charge in [0.2, 0.25) is 0 Å². The van der Waals surface area contributed by atoms with E-state index in [2.05, 4.69) is 15.0 Å². The van der Waals surface area contributed by atoms with Crippen molar-refractivity contribution in [2.75, 3.05) is 5.32 Å². The van der Waals surface area contributed by atoms with E-state index in [1.54, 1.807) is 18.2 Å². The van der Waals surface area contributed by atoms with Gasteiger partial charge in [-0.2, -0.15) is 8.78 Å². The second-order valence-corrected chi connectivity index (χ2v) is 7.09. The Kier molecular flexibility index (Phi) is 5.73. The number of carboxylic acids is 1. The Balaban J connectivity index is 1.58. The monoisotopic (exact) mass is 443 g/mol. The second-order valence-electron chi connectivity index (χ2n) is 6.70. The minimum Gasteiger partial charge on any atom is -0.478 e. The number of rotatable bonds is 7. The van der Waals surface area contributed by atoms with Gasteiger partial charge >= 0.3 is 12.6 Å². The van der Waals surface area contributed by atoms with E-state index in [1.807, 2.05) is 35.0 Å². The lowest BCUT2D eigenvalue weighted by molar-refractivity contribution is -0.0498. The van der Waals surface area contributed by atoms with Gasteiger partial charge in [-0.05, 0) is 54.1 Å². The van der Waals surface area contributed by atoms with Crippen LogP contribution >= 0.6 is 11.6 Å². The summed E-state index contributed by atoms with van der Waals surface area (Å²) in [5.41, 5.74) is 2.39. The largest absolute Gasteiger partial charge is 0.478 e. The van der Waals surface area contributed by atoms with Crippen LogP contribution in [0.15, 0.2) is 66.9 Å². The van der Waals surface area contributed by atoms with Gasteiger partial charge in [-0.3, -0.25) is 0 Å². The van der Waals surface area contributed by atoms with Crippen molar-refractivity contribution in [3.8, 4) is 5.75 Å². The molecule has 31 heavy (non-hydrogen) atoms. The number of nitrogens with zero attached hydrogens (tertiary/aromatic N) is 2. The average Bonchev–Trinajstić information content (AvgIpc) is 3.09. The number of aromatic carboxylic acids is 1. The first-order valence-electron chi connectivity index (χ1n) is 9.18. The molecule has 0 fully saturated rings. The molecule has 2 N–H and O–H groups in total. The number of benzene rings is 2. The van der Waals surface area contributed by atoms with Crippen LogP contribution in [0.4, 0.5) is 20.3 Å². The first-order chi connectivity index (χ1) is 14.9. The maximum Gasteiger partial charge on any atom is 0.387 e. The van der Waals surface area contributed by atoms with Gasteiger partial charge in [0, 0.05) is 29.3 Å². The molecule has 0 unspecified atom stereocenters. The molecule has 0 aliphatic carbocycles. The number of pyridine rings is 1. The number of anilines is 2. The molecule has 2 aromatic carbocycles. The van der Waals surface area contributed by atoms with Crippen molar-refractivity contribution in [1.29, 1.82) is 0 Å². The Labute approximate surface area is 180 Å². The number of nitrogens with one attached hydrogen (secondary N) is 1. The Hall–Kier alpha value is -3.65. The lowest BCUT2D eigenvalue weighted by Gasteiger charge is -2.11. The SMILES string of the molecule is O=C(O)c1ccc(Cl)nc1Nc1ccc2c(ccn2Cc2cccc(OC(F)F)c2)c1. The molecule has 0 saturated carbocycles. The minimum atomic E-state index is -2.87. The number of hydrogen-bond donors (Lipinski definition) is 2. The molecule has 4 aromatic rings. The Morgan fingerprint density at radius 1 is 1.16 bits per heavy atom. The van der Waals surface area contributed by atoms with E-state index in [0.717, 1.165) is 16.5 Å². The van der Waals surface area contributed by atoms with E-state index >= 15 is 0 Å². The number of carboxylic acid groups (broad SMARTS) is 1. The molecular weight excluding hydrogens is 428 g/mol. The van der Waals surface area contributed by atoms with E-state index in [1.165, 1.54) is 18.2 Å². The van der Waals surface area contributed by atoms with Gasteiger partial charge in [0.15, 0.2) is 0 Å². The summed E-state index contributed by atoms with van der Waals surface area (Å²) in [6.07, 6.45) is 1.88. The standard InChI is InChI=1S/C22H16ClF2N3O3/c23-19-7-5-17(21(29)30)20(27-19)26-15-4-6-18-14(11-15)8-9-28(18)12-13-2-1-3-16(10-13)31-22(24)25/h1-11,22H,12H2,(H,26,27)(H,29,30). The average molecular weight is 444 g/mol. The molecule has 0 saturated heterocycles. The molecule has 0 radical (unpaired) electrons. The first-order valence-corrected chi connectivity index (χ1v) is 9.56. The summed E-state index contributed by atoms with van der Waals surface area (Å²) in [4.78, 5) is 15.5. The summed E-state index contributed by atoms with van der Waals surface area (Å²) in [7, 11) is 0. The number of aromatic nitrogens is 2. The van der Waals surface area contributed by atoms with Gasteiger partial charge in [-0.1, -0.05) is 23.7 Å². The van der Waals surface area contributed by atoms with Gasteiger partial charge in [0.05, 0.1) is 0 Å². The van der Waals surface area contributed by atoms with Crippen molar-refractivity contribution < 1.29 is 23.4 Å². The van der Waals surface area contributed by atoms with Crippen molar-refractivity contribution in [1.82, 2.24) is 9.55 Å². The van der Waals surface area contributed by atoms with Crippen LogP contribution in [0.25, 0.3) is 10.9 Å². The van der Waals surface area contributed by atoms with Gasteiger partial charge in [0.1, 0.15) is 22.3 Å². The number of alkyl halides is 2. The van der Waals surface area contributed by atoms with Crippen LogP contribution in [0, 0.1) is 0 Å². The molecule has 0 amide bonds. The van der Waals surface area contributed by atoms with Crippen molar-refractivity contribution in [2.24, 2.45) is 0 Å². The van der Waals surface area contributed by atoms with E-state index in [-0.39, 0.29) is 22.3 Å². The molecule has 0 aliphatic rings. The Morgan fingerprint density at radius 2 is 2.00 bits per heavy atom. The van der Waals surface area contributed by atoms with Gasteiger partial charge in [-0.25, -0.2) is 9.78 Å². The van der Waals surface area contributed by atoms with Crippen LogP contribution in [0.2, 0.25) is 5.15 Å². The van der Waals surface area contributed by atoms with E-state index in [0.29, 0.717) is 12.2 Å². The zero-order valence-electron chi connectivity index (χ0n) is 15.9. The number of fused-ring (bicyclic) bond motifs is 1. The highest BCUT2D eigenvalue weighted by atomic mass is 35.5. The maximum absolute atomic E-state index is 12.4. The summed E-state index contributed by atoms with van der Waals surface area (Å²) in [5.74, 6) is -0.856. The Morgan fingerprint density at radius 3 is 2.77 bits per heavy atom. The normalized spacial score (nSPS) is 11.1. The van der Waals surface area contributed by atoms with Gasteiger partial charge in [-0.15, -0.1) is 0 Å². The third-order valence-electron chi connectivity index (χ3n) is 4.60. The van der Waals surface area contributed by atoms with E-state index < -0.39 is 12.6 Å². The zero-order valence-corrected chi connectivity index (χ0v) is 16.7. The van der Waals surface area contributed by atoms with E-state index in [9.17, 15) is 18.7 Å². The summed E-state index contributed by atoms with van der Waals surface area (Å²) >= 11 is 5.90. The van der Waals surface area contributed by atoms with Crippen LogP contribution in [-0.4, -0.2) is 27.2 Å². The highest BCUT2D eigenvalue weighted by molar-refractivity contribution is 6.29. The summed E-state index contributed by atoms with van der Waals surface area (Å²) in [5, 5.41) is 13.4. The third-order valence-corrected chi connectivity index (χ3v) is 4.81. The molecule has 0 bridgehead atoms. The molecule has 0 spiro atoms. The van der Waals surface area contributed by atoms with Crippen LogP contribution in [0.1, 0.15) is 15.9 Å². The lowest BCUT2D eigenvalue weighted by Crippen LogP contribution is -2.05. The second kappa shape index (κ2) is 8.61. The van der Waals surface area contributed by atoms with Crippen molar-refractivity contribution >= 4 is 40.0 Å². The molecule has 2 heterocycles. The predicted octanol–water partition coefficient (Wildman–Crippen LogP) is 5.78. The zero-order chi connectivity index (χ0) is 22.0. The van der Waals surface area contributed by atoms with Gasteiger partial charge in [0.25, 0.3) is 0 Å². The molecular formula is C22H16ClF2N3O3. The molecule has 6 nitrogen and oxygen atoms in total. The number of hydrogen-bond acceptors (Lipinski definition) is 4. The summed E-state index contributed by atoms with van der Waals surface area (Å²) in [6, 6.07) is 16.8. The lowest BCUT2D eigenvalue weighted by atomic mass is 10.2. The number of halogens is 3. The fourth-order valence-corrected chi connectivity index (χ4v) is 3.42. The summed E-state index contributed by atoms with van der Waals surface area (Å²) in [6.45, 7) is -2.40. The van der Waals surface area contributed by atoms with Crippen LogP contribution < -0.4 is 10.1 Å². The topological polar surface area (TPSA) is 76.4 Å². The van der Waals surface area contributed by atoms with Crippen LogP contribution in [-0.2, 0) is 6.54 Å².